The average molecular weight is 394 g/mol. The van der Waals surface area contributed by atoms with E-state index in [2.05, 4.69) is 43.8 Å². The summed E-state index contributed by atoms with van der Waals surface area (Å²) >= 11 is 1.69. The Morgan fingerprint density at radius 2 is 2.07 bits per heavy atom. The molecule has 0 saturated heterocycles. The van der Waals surface area contributed by atoms with Crippen molar-refractivity contribution in [3.05, 3.63) is 82.5 Å². The largest absolute Gasteiger partial charge is 0.347 e. The Labute approximate surface area is 169 Å². The van der Waals surface area contributed by atoms with Gasteiger partial charge in [-0.1, -0.05) is 44.3 Å². The number of anilines is 1. The highest BCUT2D eigenvalue weighted by molar-refractivity contribution is 7.14. The zero-order valence-corrected chi connectivity index (χ0v) is 17.1. The number of fused-ring (bicyclic) bond motifs is 1. The van der Waals surface area contributed by atoms with E-state index in [-0.39, 0.29) is 6.04 Å². The first-order valence-electron chi connectivity index (χ1n) is 9.48. The Bertz CT molecular complexity index is 997. The molecule has 0 radical (unpaired) electrons. The predicted molar refractivity (Wildman–Crippen MR) is 117 cm³/mol. The Morgan fingerprint density at radius 3 is 2.75 bits per heavy atom. The van der Waals surface area contributed by atoms with Crippen LogP contribution in [-0.4, -0.2) is 10.7 Å². The third kappa shape index (κ3) is 3.10. The fraction of sp³-hybridized carbons (Fsp3) is 0.261. The van der Waals surface area contributed by atoms with E-state index in [4.69, 9.17) is 5.10 Å². The molecular weight excluding hydrogens is 369 g/mol. The van der Waals surface area contributed by atoms with Crippen LogP contribution < -0.4 is 5.32 Å². The number of hydrogen-bond acceptors (Lipinski definition) is 4. The van der Waals surface area contributed by atoms with Crippen LogP contribution in [-0.2, 0) is 6.67 Å². The number of hydrogen-bond donors (Lipinski definition) is 1. The molecule has 2 aliphatic rings. The van der Waals surface area contributed by atoms with Gasteiger partial charge >= 0.3 is 0 Å². The van der Waals surface area contributed by atoms with Crippen molar-refractivity contribution in [2.24, 2.45) is 5.10 Å². The molecule has 1 N–H and O–H groups in total. The SMILES string of the molecule is C=C1Nc2sccc2C(C)=C1C1=NN(C(=C)CC)C(c2ccc(CF)cc2)C1. The molecule has 3 heterocycles. The van der Waals surface area contributed by atoms with Gasteiger partial charge in [0.1, 0.15) is 11.7 Å². The lowest BCUT2D eigenvalue weighted by Crippen LogP contribution is -2.18. The van der Waals surface area contributed by atoms with Gasteiger partial charge in [-0.25, -0.2) is 4.39 Å². The lowest BCUT2D eigenvalue weighted by Gasteiger charge is -2.25. The Hall–Kier alpha value is -2.66. The zero-order valence-electron chi connectivity index (χ0n) is 16.3. The van der Waals surface area contributed by atoms with Crippen molar-refractivity contribution in [2.75, 3.05) is 5.32 Å². The van der Waals surface area contributed by atoms with Crippen LogP contribution in [0.15, 0.2) is 70.9 Å². The van der Waals surface area contributed by atoms with Crippen molar-refractivity contribution in [3.8, 4) is 0 Å². The van der Waals surface area contributed by atoms with Crippen molar-refractivity contribution in [2.45, 2.75) is 39.4 Å². The van der Waals surface area contributed by atoms with Crippen molar-refractivity contribution < 1.29 is 4.39 Å². The molecule has 4 rings (SSSR count). The number of allylic oxidation sites excluding steroid dienone is 3. The molecular formula is C23H24FN3S. The molecule has 0 aliphatic carbocycles. The standard InChI is InChI=1S/C23H24FN3S/c1-5-14(2)27-21(18-8-6-17(13-24)7-9-18)12-20(26-27)22-15(3)19-10-11-28-23(19)25-16(22)4/h6-11,21,25H,2,4-5,12-13H2,1,3H3. The maximum absolute atomic E-state index is 12.9. The van der Waals surface area contributed by atoms with E-state index < -0.39 is 6.67 Å². The second-order valence-electron chi connectivity index (χ2n) is 7.17. The van der Waals surface area contributed by atoms with Gasteiger partial charge in [-0.05, 0) is 41.5 Å². The van der Waals surface area contributed by atoms with Crippen LogP contribution in [0.25, 0.3) is 5.57 Å². The summed E-state index contributed by atoms with van der Waals surface area (Å²) in [5, 5.41) is 13.6. The quantitative estimate of drug-likeness (QED) is 0.615. The monoisotopic (exact) mass is 393 g/mol. The van der Waals surface area contributed by atoms with E-state index in [1.165, 1.54) is 11.1 Å². The first-order valence-corrected chi connectivity index (χ1v) is 10.4. The van der Waals surface area contributed by atoms with Crippen LogP contribution in [0.1, 0.15) is 49.4 Å². The van der Waals surface area contributed by atoms with Crippen LogP contribution in [0.4, 0.5) is 9.39 Å². The third-order valence-corrected chi connectivity index (χ3v) is 6.29. The highest BCUT2D eigenvalue weighted by atomic mass is 32.1. The molecule has 28 heavy (non-hydrogen) atoms. The number of rotatable bonds is 5. The number of benzene rings is 1. The molecule has 1 unspecified atom stereocenters. The molecule has 0 amide bonds. The molecule has 2 aromatic rings. The average Bonchev–Trinajstić information content (AvgIpc) is 3.35. The van der Waals surface area contributed by atoms with Gasteiger partial charge in [0.2, 0.25) is 0 Å². The number of thiophene rings is 1. The van der Waals surface area contributed by atoms with Crippen molar-refractivity contribution in [1.82, 2.24) is 5.01 Å². The first-order chi connectivity index (χ1) is 13.5. The molecule has 0 saturated carbocycles. The summed E-state index contributed by atoms with van der Waals surface area (Å²) in [7, 11) is 0. The molecule has 1 aromatic heterocycles. The maximum Gasteiger partial charge on any atom is 0.115 e. The van der Waals surface area contributed by atoms with Gasteiger partial charge in [0, 0.05) is 29.0 Å². The smallest absolute Gasteiger partial charge is 0.115 e. The van der Waals surface area contributed by atoms with Gasteiger partial charge in [0.25, 0.3) is 0 Å². The Morgan fingerprint density at radius 1 is 1.32 bits per heavy atom. The van der Waals surface area contributed by atoms with Crippen LogP contribution in [0, 0.1) is 0 Å². The van der Waals surface area contributed by atoms with Crippen molar-refractivity contribution in [3.63, 3.8) is 0 Å². The van der Waals surface area contributed by atoms with Crippen molar-refractivity contribution >= 4 is 27.6 Å². The van der Waals surface area contributed by atoms with Gasteiger partial charge in [0.05, 0.1) is 11.8 Å². The fourth-order valence-electron chi connectivity index (χ4n) is 3.86. The molecule has 5 heteroatoms. The molecule has 144 valence electrons. The minimum absolute atomic E-state index is 0.0630. The lowest BCUT2D eigenvalue weighted by molar-refractivity contribution is 0.293. The zero-order chi connectivity index (χ0) is 19.8. The fourth-order valence-corrected chi connectivity index (χ4v) is 4.73. The minimum atomic E-state index is -0.446. The normalized spacial score (nSPS) is 18.8. The van der Waals surface area contributed by atoms with E-state index in [9.17, 15) is 4.39 Å². The van der Waals surface area contributed by atoms with Crippen LogP contribution in [0.3, 0.4) is 0 Å². The number of alkyl halides is 1. The van der Waals surface area contributed by atoms with Gasteiger partial charge in [-0.3, -0.25) is 5.01 Å². The highest BCUT2D eigenvalue weighted by Crippen LogP contribution is 2.43. The molecule has 1 aromatic carbocycles. The summed E-state index contributed by atoms with van der Waals surface area (Å²) in [4.78, 5) is 0. The predicted octanol–water partition coefficient (Wildman–Crippen LogP) is 6.66. The summed E-state index contributed by atoms with van der Waals surface area (Å²) in [6.07, 6.45) is 1.59. The van der Waals surface area contributed by atoms with Gasteiger partial charge in [-0.15, -0.1) is 11.3 Å². The molecule has 3 nitrogen and oxygen atoms in total. The van der Waals surface area contributed by atoms with Gasteiger partial charge < -0.3 is 5.32 Å². The molecule has 0 spiro atoms. The van der Waals surface area contributed by atoms with Gasteiger partial charge in [-0.2, -0.15) is 5.10 Å². The lowest BCUT2D eigenvalue weighted by atomic mass is 9.90. The van der Waals surface area contributed by atoms with Crippen molar-refractivity contribution in [1.29, 1.82) is 0 Å². The van der Waals surface area contributed by atoms with E-state index in [0.29, 0.717) is 5.56 Å². The number of hydrazone groups is 1. The van der Waals surface area contributed by atoms with E-state index in [0.717, 1.165) is 46.1 Å². The Kier molecular flexibility index (Phi) is 4.94. The number of nitrogens with one attached hydrogen (secondary N) is 1. The summed E-state index contributed by atoms with van der Waals surface area (Å²) in [6, 6.07) is 9.90. The van der Waals surface area contributed by atoms with Crippen LogP contribution in [0.2, 0.25) is 0 Å². The summed E-state index contributed by atoms with van der Waals surface area (Å²) in [5.74, 6) is 0. The Balaban J connectivity index is 1.73. The summed E-state index contributed by atoms with van der Waals surface area (Å²) in [5.41, 5.74) is 8.19. The first kappa shape index (κ1) is 18.7. The molecule has 2 aliphatic heterocycles. The third-order valence-electron chi connectivity index (χ3n) is 5.46. The molecule has 1 atom stereocenters. The molecule has 0 fully saturated rings. The van der Waals surface area contributed by atoms with Crippen LogP contribution in [0.5, 0.6) is 0 Å². The number of halogens is 1. The summed E-state index contributed by atoms with van der Waals surface area (Å²) < 4.78 is 12.9. The topological polar surface area (TPSA) is 27.6 Å². The van der Waals surface area contributed by atoms with E-state index in [1.54, 1.807) is 11.3 Å². The van der Waals surface area contributed by atoms with E-state index >= 15 is 0 Å². The van der Waals surface area contributed by atoms with Gasteiger partial charge in [0.15, 0.2) is 0 Å². The summed E-state index contributed by atoms with van der Waals surface area (Å²) in [6.45, 7) is 12.2. The second-order valence-corrected chi connectivity index (χ2v) is 8.09. The molecule has 0 bridgehead atoms. The second kappa shape index (κ2) is 7.40. The van der Waals surface area contributed by atoms with Crippen LogP contribution >= 0.6 is 11.3 Å². The minimum Gasteiger partial charge on any atom is -0.347 e. The number of nitrogens with zero attached hydrogens (tertiary/aromatic N) is 2. The maximum atomic E-state index is 12.9. The highest BCUT2D eigenvalue weighted by Gasteiger charge is 2.33. The van der Waals surface area contributed by atoms with E-state index in [1.807, 2.05) is 29.3 Å².